The zero-order valence-electron chi connectivity index (χ0n) is 8.36. The molecule has 2 aromatic rings. The van der Waals surface area contributed by atoms with E-state index in [0.717, 1.165) is 5.69 Å². The molecule has 6 heteroatoms. The van der Waals surface area contributed by atoms with Gasteiger partial charge in [-0.15, -0.1) is 0 Å². The summed E-state index contributed by atoms with van der Waals surface area (Å²) in [6, 6.07) is 0. The molecule has 2 heterocycles. The van der Waals surface area contributed by atoms with Crippen LogP contribution in [-0.4, -0.2) is 19.9 Å². The van der Waals surface area contributed by atoms with E-state index >= 15 is 0 Å². The predicted molar refractivity (Wildman–Crippen MR) is 54.4 cm³/mol. The summed E-state index contributed by atoms with van der Waals surface area (Å²) in [5.41, 5.74) is 1.81. The second-order valence-electron chi connectivity index (χ2n) is 3.17. The van der Waals surface area contributed by atoms with Gasteiger partial charge >= 0.3 is 0 Å². The minimum atomic E-state index is -0.155. The molecule has 0 amide bonds. The maximum Gasteiger partial charge on any atom is 0.246 e. The van der Waals surface area contributed by atoms with Gasteiger partial charge in [-0.25, -0.2) is 4.98 Å². The van der Waals surface area contributed by atoms with Crippen LogP contribution in [-0.2, 0) is 13.7 Å². The second kappa shape index (κ2) is 3.67. The fourth-order valence-corrected chi connectivity index (χ4v) is 1.59. The van der Waals surface area contributed by atoms with E-state index in [0.29, 0.717) is 22.3 Å². The molecular formula is C9H10ClN3O2. The standard InChI is InChI=1S/C9H10ClN3O2/c1-5-7(10)8(13(2)12-5)9-11-6(3-14)4-15-9/h4,14H,3H2,1-2H3. The number of aliphatic hydroxyl groups excluding tert-OH is 1. The molecule has 0 radical (unpaired) electrons. The highest BCUT2D eigenvalue weighted by Gasteiger charge is 2.17. The molecule has 5 nitrogen and oxygen atoms in total. The Labute approximate surface area is 91.3 Å². The van der Waals surface area contributed by atoms with Crippen molar-refractivity contribution in [1.29, 1.82) is 0 Å². The molecule has 15 heavy (non-hydrogen) atoms. The zero-order chi connectivity index (χ0) is 11.0. The van der Waals surface area contributed by atoms with Gasteiger partial charge in [-0.2, -0.15) is 5.10 Å². The lowest BCUT2D eigenvalue weighted by Gasteiger charge is -1.95. The van der Waals surface area contributed by atoms with Gasteiger partial charge in [-0.05, 0) is 6.92 Å². The summed E-state index contributed by atoms with van der Waals surface area (Å²) in [7, 11) is 1.76. The Morgan fingerprint density at radius 1 is 1.60 bits per heavy atom. The Morgan fingerprint density at radius 2 is 2.33 bits per heavy atom. The number of aryl methyl sites for hydroxylation is 2. The molecule has 80 valence electrons. The minimum Gasteiger partial charge on any atom is -0.443 e. The Hall–Kier alpha value is -1.33. The number of oxazole rings is 1. The first kappa shape index (κ1) is 10.2. The highest BCUT2D eigenvalue weighted by atomic mass is 35.5. The van der Waals surface area contributed by atoms with Crippen molar-refractivity contribution in [3.05, 3.63) is 22.7 Å². The van der Waals surface area contributed by atoms with Crippen molar-refractivity contribution in [2.24, 2.45) is 7.05 Å². The van der Waals surface area contributed by atoms with E-state index in [4.69, 9.17) is 21.1 Å². The van der Waals surface area contributed by atoms with Gasteiger partial charge in [-0.1, -0.05) is 11.6 Å². The fourth-order valence-electron chi connectivity index (χ4n) is 1.35. The molecule has 0 saturated carbocycles. The molecule has 0 aliphatic carbocycles. The number of halogens is 1. The third-order valence-electron chi connectivity index (χ3n) is 2.07. The number of hydrogen-bond acceptors (Lipinski definition) is 4. The van der Waals surface area contributed by atoms with Crippen LogP contribution in [0, 0.1) is 6.92 Å². The van der Waals surface area contributed by atoms with Crippen molar-refractivity contribution in [2.45, 2.75) is 13.5 Å². The number of nitrogens with zero attached hydrogens (tertiary/aromatic N) is 3. The van der Waals surface area contributed by atoms with Gasteiger partial charge < -0.3 is 9.52 Å². The van der Waals surface area contributed by atoms with Crippen LogP contribution in [0.25, 0.3) is 11.6 Å². The molecule has 0 aliphatic heterocycles. The van der Waals surface area contributed by atoms with Crippen LogP contribution in [0.2, 0.25) is 5.02 Å². The summed E-state index contributed by atoms with van der Waals surface area (Å²) in [6.45, 7) is 1.65. The van der Waals surface area contributed by atoms with Crippen molar-refractivity contribution in [3.8, 4) is 11.6 Å². The molecule has 1 N–H and O–H groups in total. The molecule has 0 saturated heterocycles. The SMILES string of the molecule is Cc1nn(C)c(-c2nc(CO)co2)c1Cl. The van der Waals surface area contributed by atoms with Crippen LogP contribution in [0.3, 0.4) is 0 Å². The number of aliphatic hydroxyl groups is 1. The molecule has 0 aliphatic rings. The fraction of sp³-hybridized carbons (Fsp3) is 0.333. The predicted octanol–water partition coefficient (Wildman–Crippen LogP) is 1.53. The van der Waals surface area contributed by atoms with Crippen LogP contribution in [0.4, 0.5) is 0 Å². The van der Waals surface area contributed by atoms with E-state index in [1.54, 1.807) is 11.7 Å². The zero-order valence-corrected chi connectivity index (χ0v) is 9.12. The maximum absolute atomic E-state index is 8.86. The monoisotopic (exact) mass is 227 g/mol. The van der Waals surface area contributed by atoms with Crippen molar-refractivity contribution in [1.82, 2.24) is 14.8 Å². The van der Waals surface area contributed by atoms with Crippen LogP contribution >= 0.6 is 11.6 Å². The van der Waals surface area contributed by atoms with E-state index in [2.05, 4.69) is 10.1 Å². The van der Waals surface area contributed by atoms with E-state index < -0.39 is 0 Å². The molecule has 0 atom stereocenters. The van der Waals surface area contributed by atoms with Crippen LogP contribution in [0.5, 0.6) is 0 Å². The highest BCUT2D eigenvalue weighted by molar-refractivity contribution is 6.33. The third-order valence-corrected chi connectivity index (χ3v) is 2.52. The first-order valence-corrected chi connectivity index (χ1v) is 4.76. The third kappa shape index (κ3) is 1.64. The number of rotatable bonds is 2. The maximum atomic E-state index is 8.86. The van der Waals surface area contributed by atoms with Crippen molar-refractivity contribution < 1.29 is 9.52 Å². The average molecular weight is 228 g/mol. The normalized spacial score (nSPS) is 10.9. The smallest absolute Gasteiger partial charge is 0.246 e. The first-order valence-electron chi connectivity index (χ1n) is 4.38. The molecule has 0 unspecified atom stereocenters. The Kier molecular flexibility index (Phi) is 2.50. The average Bonchev–Trinajstić information content (AvgIpc) is 2.74. The van der Waals surface area contributed by atoms with E-state index in [-0.39, 0.29) is 6.61 Å². The van der Waals surface area contributed by atoms with Gasteiger partial charge in [0.25, 0.3) is 0 Å². The molecule has 0 fully saturated rings. The van der Waals surface area contributed by atoms with Crippen LogP contribution in [0.1, 0.15) is 11.4 Å². The molecule has 0 bridgehead atoms. The molecule has 0 aromatic carbocycles. The van der Waals surface area contributed by atoms with Gasteiger partial charge in [0.1, 0.15) is 17.7 Å². The lowest BCUT2D eigenvalue weighted by Crippen LogP contribution is -1.94. The number of aromatic nitrogens is 3. The minimum absolute atomic E-state index is 0.155. The van der Waals surface area contributed by atoms with Gasteiger partial charge in [0.2, 0.25) is 5.89 Å². The lowest BCUT2D eigenvalue weighted by atomic mass is 10.3. The highest BCUT2D eigenvalue weighted by Crippen LogP contribution is 2.29. The number of hydrogen-bond donors (Lipinski definition) is 1. The van der Waals surface area contributed by atoms with Crippen molar-refractivity contribution >= 4 is 11.6 Å². The van der Waals surface area contributed by atoms with Crippen molar-refractivity contribution in [2.75, 3.05) is 0 Å². The van der Waals surface area contributed by atoms with E-state index in [1.807, 2.05) is 6.92 Å². The molecule has 2 rings (SSSR count). The summed E-state index contributed by atoms with van der Waals surface area (Å²) in [6.07, 6.45) is 1.40. The van der Waals surface area contributed by atoms with Gasteiger partial charge in [0, 0.05) is 7.05 Å². The summed E-state index contributed by atoms with van der Waals surface area (Å²) in [5, 5.41) is 13.5. The second-order valence-corrected chi connectivity index (χ2v) is 3.55. The Balaban J connectivity index is 2.53. The first-order chi connectivity index (χ1) is 7.13. The summed E-state index contributed by atoms with van der Waals surface area (Å²) < 4.78 is 6.80. The van der Waals surface area contributed by atoms with Gasteiger partial charge in [0.15, 0.2) is 0 Å². The van der Waals surface area contributed by atoms with Crippen molar-refractivity contribution in [3.63, 3.8) is 0 Å². The molecule has 2 aromatic heterocycles. The van der Waals surface area contributed by atoms with Crippen LogP contribution in [0.15, 0.2) is 10.7 Å². The van der Waals surface area contributed by atoms with Gasteiger partial charge in [-0.3, -0.25) is 4.68 Å². The lowest BCUT2D eigenvalue weighted by molar-refractivity contribution is 0.276. The molecular weight excluding hydrogens is 218 g/mol. The van der Waals surface area contributed by atoms with E-state index in [9.17, 15) is 0 Å². The summed E-state index contributed by atoms with van der Waals surface area (Å²) >= 11 is 6.06. The summed E-state index contributed by atoms with van der Waals surface area (Å²) in [5.74, 6) is 0.368. The quantitative estimate of drug-likeness (QED) is 0.845. The Morgan fingerprint density at radius 3 is 2.80 bits per heavy atom. The van der Waals surface area contributed by atoms with Crippen LogP contribution < -0.4 is 0 Å². The largest absolute Gasteiger partial charge is 0.443 e. The Bertz CT molecular complexity index is 490. The summed E-state index contributed by atoms with van der Waals surface area (Å²) in [4.78, 5) is 4.07. The molecule has 0 spiro atoms. The van der Waals surface area contributed by atoms with E-state index in [1.165, 1.54) is 6.26 Å². The topological polar surface area (TPSA) is 64.1 Å². The van der Waals surface area contributed by atoms with Gasteiger partial charge in [0.05, 0.1) is 17.3 Å².